The predicted octanol–water partition coefficient (Wildman–Crippen LogP) is 4.29. The molecule has 1 atom stereocenters. The van der Waals surface area contributed by atoms with Gasteiger partial charge in [-0.05, 0) is 49.2 Å². The smallest absolute Gasteiger partial charge is 0.232 e. The van der Waals surface area contributed by atoms with Gasteiger partial charge in [-0.15, -0.1) is 11.8 Å². The van der Waals surface area contributed by atoms with E-state index in [4.69, 9.17) is 21.1 Å². The van der Waals surface area contributed by atoms with Gasteiger partial charge >= 0.3 is 0 Å². The lowest BCUT2D eigenvalue weighted by Gasteiger charge is -2.25. The Morgan fingerprint density at radius 3 is 2.58 bits per heavy atom. The molecule has 6 heteroatoms. The molecule has 1 unspecified atom stereocenters. The number of thioether (sulfide) groups is 1. The van der Waals surface area contributed by atoms with E-state index in [0.29, 0.717) is 19.0 Å². The molecule has 1 amide bonds. The number of ether oxygens (including phenoxy) is 2. The molecule has 0 fully saturated rings. The third-order valence-electron chi connectivity index (χ3n) is 4.37. The molecule has 0 N–H and O–H groups in total. The number of hydrogen-bond acceptors (Lipinski definition) is 4. The fraction of sp³-hybridized carbons (Fsp3) is 0.350. The molecule has 4 nitrogen and oxygen atoms in total. The van der Waals surface area contributed by atoms with Crippen molar-refractivity contribution < 1.29 is 14.3 Å². The molecule has 1 aliphatic heterocycles. The number of benzene rings is 2. The van der Waals surface area contributed by atoms with Gasteiger partial charge in [0.2, 0.25) is 5.91 Å². The van der Waals surface area contributed by atoms with Crippen LogP contribution in [0.5, 0.6) is 11.5 Å². The van der Waals surface area contributed by atoms with Crippen molar-refractivity contribution in [3.63, 3.8) is 0 Å². The molecule has 1 heterocycles. The number of rotatable bonds is 6. The van der Waals surface area contributed by atoms with Crippen molar-refractivity contribution in [3.8, 4) is 11.5 Å². The molecule has 2 aromatic rings. The van der Waals surface area contributed by atoms with Crippen LogP contribution in [0, 0.1) is 0 Å². The first-order valence-corrected chi connectivity index (χ1v) is 9.92. The maximum absolute atomic E-state index is 12.5. The summed E-state index contributed by atoms with van der Waals surface area (Å²) >= 11 is 7.43. The van der Waals surface area contributed by atoms with E-state index in [1.807, 2.05) is 49.5 Å². The van der Waals surface area contributed by atoms with Gasteiger partial charge in [-0.25, -0.2) is 0 Å². The lowest BCUT2D eigenvalue weighted by molar-refractivity contribution is -0.128. The second-order valence-corrected chi connectivity index (χ2v) is 7.76. The van der Waals surface area contributed by atoms with Crippen LogP contribution in [0.2, 0.25) is 5.02 Å². The van der Waals surface area contributed by atoms with E-state index in [0.717, 1.165) is 27.8 Å². The van der Waals surface area contributed by atoms with Crippen LogP contribution in [0.15, 0.2) is 47.4 Å². The van der Waals surface area contributed by atoms with Gasteiger partial charge in [0.25, 0.3) is 0 Å². The molecule has 0 saturated heterocycles. The number of fused-ring (bicyclic) bond motifs is 1. The minimum Gasteiger partial charge on any atom is -0.486 e. The van der Waals surface area contributed by atoms with Gasteiger partial charge in [0.05, 0.1) is 5.75 Å². The van der Waals surface area contributed by atoms with Crippen LogP contribution in [-0.4, -0.2) is 42.9 Å². The molecule has 0 aromatic heterocycles. The van der Waals surface area contributed by atoms with Crippen LogP contribution >= 0.6 is 23.4 Å². The maximum atomic E-state index is 12.5. The first kappa shape index (κ1) is 18.9. The Bertz CT molecular complexity index is 766. The van der Waals surface area contributed by atoms with Gasteiger partial charge in [-0.1, -0.05) is 23.7 Å². The fourth-order valence-corrected chi connectivity index (χ4v) is 3.68. The molecular formula is C20H22ClNO3S. The topological polar surface area (TPSA) is 38.8 Å². The average Bonchev–Trinajstić information content (AvgIpc) is 2.67. The summed E-state index contributed by atoms with van der Waals surface area (Å²) in [5.41, 5.74) is 1.17. The number of nitrogens with zero attached hydrogens (tertiary/aromatic N) is 1. The molecule has 3 rings (SSSR count). The van der Waals surface area contributed by atoms with Crippen LogP contribution in [0.25, 0.3) is 0 Å². The van der Waals surface area contributed by atoms with Gasteiger partial charge in [-0.3, -0.25) is 4.79 Å². The predicted molar refractivity (Wildman–Crippen MR) is 106 cm³/mol. The van der Waals surface area contributed by atoms with Crippen molar-refractivity contribution in [2.45, 2.75) is 24.3 Å². The van der Waals surface area contributed by atoms with E-state index in [1.165, 1.54) is 17.3 Å². The van der Waals surface area contributed by atoms with Gasteiger partial charge < -0.3 is 14.4 Å². The maximum Gasteiger partial charge on any atom is 0.232 e. The normalized spacial score (nSPS) is 14.0. The summed E-state index contributed by atoms with van der Waals surface area (Å²) in [6.45, 7) is 3.19. The van der Waals surface area contributed by atoms with E-state index in [2.05, 4.69) is 6.92 Å². The van der Waals surface area contributed by atoms with E-state index < -0.39 is 0 Å². The number of carbonyl (C=O) groups excluding carboxylic acids is 1. The summed E-state index contributed by atoms with van der Waals surface area (Å²) in [7, 11) is 1.85. The molecule has 138 valence electrons. The Labute approximate surface area is 163 Å². The minimum absolute atomic E-state index is 0.103. The van der Waals surface area contributed by atoms with Crippen molar-refractivity contribution in [2.75, 3.05) is 26.0 Å². The van der Waals surface area contributed by atoms with Crippen LogP contribution in [0.3, 0.4) is 0 Å². The summed E-state index contributed by atoms with van der Waals surface area (Å²) in [6.07, 6.45) is 0.800. The van der Waals surface area contributed by atoms with Gasteiger partial charge in [0, 0.05) is 23.0 Å². The molecule has 0 radical (unpaired) electrons. The van der Waals surface area contributed by atoms with Crippen molar-refractivity contribution >= 4 is 29.3 Å². The first-order chi connectivity index (χ1) is 12.5. The third-order valence-corrected chi connectivity index (χ3v) is 5.61. The van der Waals surface area contributed by atoms with Crippen LogP contribution in [0.1, 0.15) is 12.5 Å². The Morgan fingerprint density at radius 1 is 1.15 bits per heavy atom. The molecular weight excluding hydrogens is 370 g/mol. The molecule has 1 aliphatic rings. The highest BCUT2D eigenvalue weighted by molar-refractivity contribution is 8.00. The molecule has 0 spiro atoms. The summed E-state index contributed by atoms with van der Waals surface area (Å²) in [5.74, 6) is 2.01. The fourth-order valence-electron chi connectivity index (χ4n) is 2.70. The highest BCUT2D eigenvalue weighted by atomic mass is 35.5. The highest BCUT2D eigenvalue weighted by Gasteiger charge is 2.17. The summed E-state index contributed by atoms with van der Waals surface area (Å²) < 4.78 is 11.1. The molecule has 0 bridgehead atoms. The Kier molecular flexibility index (Phi) is 6.33. The lowest BCUT2D eigenvalue weighted by atomic mass is 10.1. The zero-order valence-corrected chi connectivity index (χ0v) is 16.5. The van der Waals surface area contributed by atoms with Gasteiger partial charge in [0.15, 0.2) is 11.5 Å². The van der Waals surface area contributed by atoms with Gasteiger partial charge in [0.1, 0.15) is 13.2 Å². The van der Waals surface area contributed by atoms with E-state index in [9.17, 15) is 4.79 Å². The molecule has 0 aliphatic carbocycles. The summed E-state index contributed by atoms with van der Waals surface area (Å²) in [4.78, 5) is 15.3. The lowest BCUT2D eigenvalue weighted by Crippen LogP contribution is -2.37. The number of likely N-dealkylation sites (N-methyl/N-ethyl adjacent to an activating group) is 1. The van der Waals surface area contributed by atoms with Crippen LogP contribution in [0.4, 0.5) is 0 Å². The van der Waals surface area contributed by atoms with Crippen molar-refractivity contribution in [2.24, 2.45) is 0 Å². The summed E-state index contributed by atoms with van der Waals surface area (Å²) in [6, 6.07) is 13.7. The number of amides is 1. The Balaban J connectivity index is 1.52. The highest BCUT2D eigenvalue weighted by Crippen LogP contribution is 2.34. The monoisotopic (exact) mass is 391 g/mol. The number of hydrogen-bond donors (Lipinski definition) is 0. The number of carbonyl (C=O) groups is 1. The van der Waals surface area contributed by atoms with Crippen molar-refractivity contribution in [1.82, 2.24) is 4.90 Å². The summed E-state index contributed by atoms with van der Waals surface area (Å²) in [5, 5.41) is 0.724. The second kappa shape index (κ2) is 8.69. The zero-order chi connectivity index (χ0) is 18.5. The van der Waals surface area contributed by atoms with Crippen LogP contribution in [-0.2, 0) is 11.2 Å². The van der Waals surface area contributed by atoms with Crippen molar-refractivity contribution in [1.29, 1.82) is 0 Å². The van der Waals surface area contributed by atoms with E-state index in [-0.39, 0.29) is 11.9 Å². The largest absolute Gasteiger partial charge is 0.486 e. The molecule has 0 saturated carbocycles. The van der Waals surface area contributed by atoms with Crippen molar-refractivity contribution in [3.05, 3.63) is 53.1 Å². The second-order valence-electron chi connectivity index (χ2n) is 6.28. The first-order valence-electron chi connectivity index (χ1n) is 8.55. The zero-order valence-electron chi connectivity index (χ0n) is 14.9. The van der Waals surface area contributed by atoms with Crippen LogP contribution < -0.4 is 9.47 Å². The minimum atomic E-state index is 0.103. The van der Waals surface area contributed by atoms with Gasteiger partial charge in [-0.2, -0.15) is 0 Å². The average molecular weight is 392 g/mol. The van der Waals surface area contributed by atoms with E-state index >= 15 is 0 Å². The number of halogens is 1. The molecule has 26 heavy (non-hydrogen) atoms. The Hall–Kier alpha value is -1.85. The molecule has 2 aromatic carbocycles. The standard InChI is InChI=1S/C20H22ClNO3S/c1-14(11-15-3-5-16(21)6-4-15)22(2)20(23)13-26-17-7-8-18-19(12-17)25-10-9-24-18/h3-8,12,14H,9-11,13H2,1-2H3. The van der Waals surface area contributed by atoms with E-state index in [1.54, 1.807) is 4.90 Å². The quantitative estimate of drug-likeness (QED) is 0.688. The Morgan fingerprint density at radius 2 is 1.85 bits per heavy atom. The third kappa shape index (κ3) is 4.86. The SMILES string of the molecule is CC(Cc1ccc(Cl)cc1)N(C)C(=O)CSc1ccc2c(c1)OCCO2.